The van der Waals surface area contributed by atoms with Crippen LogP contribution < -0.4 is 4.90 Å². The zero-order chi connectivity index (χ0) is 14.4. The molecule has 0 saturated heterocycles. The predicted molar refractivity (Wildman–Crippen MR) is 88.8 cm³/mol. The van der Waals surface area contributed by atoms with Crippen molar-refractivity contribution in [2.45, 2.75) is 18.2 Å². The second-order valence-corrected chi connectivity index (χ2v) is 6.78. The maximum Gasteiger partial charge on any atom is 0.103 e. The Hall–Kier alpha value is -1.44. The molecule has 0 radical (unpaired) electrons. The van der Waals surface area contributed by atoms with Crippen LogP contribution in [0.4, 0.5) is 5.69 Å². The summed E-state index contributed by atoms with van der Waals surface area (Å²) in [5.41, 5.74) is 1.83. The smallest absolute Gasteiger partial charge is 0.103 e. The monoisotopic (exact) mass is 302 g/mol. The Kier molecular flexibility index (Phi) is 5.51. The van der Waals surface area contributed by atoms with Gasteiger partial charge in [-0.2, -0.15) is 5.26 Å². The molecule has 0 saturated carbocycles. The van der Waals surface area contributed by atoms with E-state index in [9.17, 15) is 5.26 Å². The molecule has 1 heterocycles. The van der Waals surface area contributed by atoms with Crippen molar-refractivity contribution in [3.63, 3.8) is 0 Å². The van der Waals surface area contributed by atoms with Gasteiger partial charge in [0, 0.05) is 23.4 Å². The van der Waals surface area contributed by atoms with Gasteiger partial charge >= 0.3 is 0 Å². The Morgan fingerprint density at radius 3 is 2.80 bits per heavy atom. The Bertz CT molecular complexity index is 585. The SMILES string of the molecule is CCSc1cccc(N(C)CCc2cccs2)c1C#N. The van der Waals surface area contributed by atoms with Crippen molar-refractivity contribution in [2.24, 2.45) is 0 Å². The molecule has 0 bridgehead atoms. The summed E-state index contributed by atoms with van der Waals surface area (Å²) in [6.45, 7) is 3.04. The molecule has 20 heavy (non-hydrogen) atoms. The lowest BCUT2D eigenvalue weighted by molar-refractivity contribution is 0.883. The highest BCUT2D eigenvalue weighted by molar-refractivity contribution is 7.99. The fourth-order valence-electron chi connectivity index (χ4n) is 2.08. The van der Waals surface area contributed by atoms with E-state index in [-0.39, 0.29) is 0 Å². The predicted octanol–water partition coefficient (Wildman–Crippen LogP) is 4.41. The van der Waals surface area contributed by atoms with Gasteiger partial charge in [-0.25, -0.2) is 0 Å². The minimum Gasteiger partial charge on any atom is -0.373 e. The molecule has 0 spiro atoms. The number of thioether (sulfide) groups is 1. The van der Waals surface area contributed by atoms with Gasteiger partial charge in [-0.1, -0.05) is 19.1 Å². The molecule has 0 amide bonds. The lowest BCUT2D eigenvalue weighted by atomic mass is 10.1. The number of benzene rings is 1. The first-order valence-corrected chi connectivity index (χ1v) is 8.52. The van der Waals surface area contributed by atoms with Crippen molar-refractivity contribution in [2.75, 3.05) is 24.2 Å². The third-order valence-electron chi connectivity index (χ3n) is 3.10. The van der Waals surface area contributed by atoms with E-state index in [2.05, 4.69) is 42.5 Å². The van der Waals surface area contributed by atoms with E-state index < -0.39 is 0 Å². The number of nitriles is 1. The Balaban J connectivity index is 2.14. The molecule has 2 nitrogen and oxygen atoms in total. The summed E-state index contributed by atoms with van der Waals surface area (Å²) in [4.78, 5) is 4.64. The summed E-state index contributed by atoms with van der Waals surface area (Å²) in [6.07, 6.45) is 1.02. The van der Waals surface area contributed by atoms with Gasteiger partial charge in [-0.05, 0) is 35.8 Å². The minimum absolute atomic E-state index is 0.799. The third-order valence-corrected chi connectivity index (χ3v) is 4.98. The van der Waals surface area contributed by atoms with Crippen LogP contribution in [0.15, 0.2) is 40.6 Å². The average molecular weight is 302 g/mol. The van der Waals surface area contributed by atoms with Crippen LogP contribution in [0.25, 0.3) is 0 Å². The Morgan fingerprint density at radius 2 is 2.15 bits per heavy atom. The van der Waals surface area contributed by atoms with Crippen LogP contribution in [-0.2, 0) is 6.42 Å². The largest absolute Gasteiger partial charge is 0.373 e. The number of hydrogen-bond donors (Lipinski definition) is 0. The molecule has 4 heteroatoms. The van der Waals surface area contributed by atoms with Gasteiger partial charge in [0.05, 0.1) is 11.3 Å². The summed E-state index contributed by atoms with van der Waals surface area (Å²) in [5, 5.41) is 11.5. The van der Waals surface area contributed by atoms with Crippen molar-refractivity contribution in [3.05, 3.63) is 46.2 Å². The highest BCUT2D eigenvalue weighted by atomic mass is 32.2. The van der Waals surface area contributed by atoms with Gasteiger partial charge < -0.3 is 4.90 Å². The number of likely N-dealkylation sites (N-methyl/N-ethyl adjacent to an activating group) is 1. The summed E-state index contributed by atoms with van der Waals surface area (Å²) in [6, 6.07) is 12.7. The number of thiophene rings is 1. The molecule has 0 aliphatic heterocycles. The van der Waals surface area contributed by atoms with E-state index in [1.807, 2.05) is 18.2 Å². The molecule has 0 unspecified atom stereocenters. The second kappa shape index (κ2) is 7.37. The maximum atomic E-state index is 9.44. The zero-order valence-electron chi connectivity index (χ0n) is 11.8. The number of nitrogens with zero attached hydrogens (tertiary/aromatic N) is 2. The third kappa shape index (κ3) is 3.56. The molecule has 0 atom stereocenters. The van der Waals surface area contributed by atoms with Crippen molar-refractivity contribution >= 4 is 28.8 Å². The van der Waals surface area contributed by atoms with Crippen LogP contribution >= 0.6 is 23.1 Å². The molecule has 0 aliphatic rings. The van der Waals surface area contributed by atoms with Gasteiger partial charge in [0.25, 0.3) is 0 Å². The molecular weight excluding hydrogens is 284 g/mol. The number of hydrogen-bond acceptors (Lipinski definition) is 4. The van der Waals surface area contributed by atoms with E-state index in [4.69, 9.17) is 0 Å². The van der Waals surface area contributed by atoms with Crippen LogP contribution in [0.1, 0.15) is 17.4 Å². The number of rotatable bonds is 6. The van der Waals surface area contributed by atoms with Gasteiger partial charge in [0.1, 0.15) is 6.07 Å². The summed E-state index contributed by atoms with van der Waals surface area (Å²) in [7, 11) is 2.06. The van der Waals surface area contributed by atoms with E-state index in [0.29, 0.717) is 0 Å². The van der Waals surface area contributed by atoms with Crippen LogP contribution in [0, 0.1) is 11.3 Å². The van der Waals surface area contributed by atoms with Crippen LogP contribution in [0.5, 0.6) is 0 Å². The molecular formula is C16H18N2S2. The summed E-state index contributed by atoms with van der Waals surface area (Å²) >= 11 is 3.51. The lowest BCUT2D eigenvalue weighted by Gasteiger charge is -2.21. The average Bonchev–Trinajstić information content (AvgIpc) is 2.98. The molecule has 2 aromatic rings. The lowest BCUT2D eigenvalue weighted by Crippen LogP contribution is -2.21. The van der Waals surface area contributed by atoms with Crippen molar-refractivity contribution in [1.82, 2.24) is 0 Å². The van der Waals surface area contributed by atoms with Gasteiger partial charge in [0.2, 0.25) is 0 Å². The molecule has 104 valence electrons. The molecule has 0 N–H and O–H groups in total. The molecule has 0 fully saturated rings. The van der Waals surface area contributed by atoms with E-state index in [1.54, 1.807) is 23.1 Å². The molecule has 2 rings (SSSR count). The fourth-order valence-corrected chi connectivity index (χ4v) is 3.56. The van der Waals surface area contributed by atoms with Crippen LogP contribution in [0.2, 0.25) is 0 Å². The Morgan fingerprint density at radius 1 is 1.30 bits per heavy atom. The standard InChI is InChI=1S/C16H18N2S2/c1-3-19-16-8-4-7-15(14(16)12-17)18(2)10-9-13-6-5-11-20-13/h4-8,11H,3,9-10H2,1-2H3. The first-order chi connectivity index (χ1) is 9.76. The molecule has 1 aromatic carbocycles. The zero-order valence-corrected chi connectivity index (χ0v) is 13.4. The maximum absolute atomic E-state index is 9.44. The van der Waals surface area contributed by atoms with Gasteiger partial charge in [0.15, 0.2) is 0 Å². The summed E-state index contributed by atoms with van der Waals surface area (Å²) < 4.78 is 0. The Labute approximate surface area is 129 Å². The first kappa shape index (κ1) is 15.0. The van der Waals surface area contributed by atoms with E-state index >= 15 is 0 Å². The van der Waals surface area contributed by atoms with Gasteiger partial charge in [-0.15, -0.1) is 23.1 Å². The minimum atomic E-state index is 0.799. The van der Waals surface area contributed by atoms with E-state index in [1.165, 1.54) is 4.88 Å². The number of anilines is 1. The highest BCUT2D eigenvalue weighted by Gasteiger charge is 2.11. The van der Waals surface area contributed by atoms with Gasteiger partial charge in [-0.3, -0.25) is 0 Å². The van der Waals surface area contributed by atoms with Crippen LogP contribution in [-0.4, -0.2) is 19.3 Å². The van der Waals surface area contributed by atoms with Crippen molar-refractivity contribution in [3.8, 4) is 6.07 Å². The summed E-state index contributed by atoms with van der Waals surface area (Å²) in [5.74, 6) is 0.983. The van der Waals surface area contributed by atoms with Crippen molar-refractivity contribution < 1.29 is 0 Å². The highest BCUT2D eigenvalue weighted by Crippen LogP contribution is 2.29. The normalized spacial score (nSPS) is 10.2. The first-order valence-electron chi connectivity index (χ1n) is 6.65. The van der Waals surface area contributed by atoms with Crippen molar-refractivity contribution in [1.29, 1.82) is 5.26 Å². The van der Waals surface area contributed by atoms with Crippen LogP contribution in [0.3, 0.4) is 0 Å². The molecule has 0 aliphatic carbocycles. The fraction of sp³-hybridized carbons (Fsp3) is 0.312. The van der Waals surface area contributed by atoms with E-state index in [0.717, 1.165) is 34.9 Å². The molecule has 1 aromatic heterocycles. The quantitative estimate of drug-likeness (QED) is 0.740. The topological polar surface area (TPSA) is 27.0 Å². The second-order valence-electron chi connectivity index (χ2n) is 4.45.